The Balaban J connectivity index is 1.53. The summed E-state index contributed by atoms with van der Waals surface area (Å²) in [5.41, 5.74) is 0.840. The van der Waals surface area contributed by atoms with Crippen LogP contribution in [0.2, 0.25) is 5.02 Å². The molecule has 0 spiro atoms. The first-order valence-corrected chi connectivity index (χ1v) is 8.02. The Kier molecular flexibility index (Phi) is 4.58. The predicted octanol–water partition coefficient (Wildman–Crippen LogP) is 1.80. The largest absolute Gasteiger partial charge is 0.395 e. The van der Waals surface area contributed by atoms with Crippen molar-refractivity contribution in [1.82, 2.24) is 9.80 Å². The predicted molar refractivity (Wildman–Crippen MR) is 82.7 cm³/mol. The molecule has 2 saturated heterocycles. The van der Waals surface area contributed by atoms with Crippen LogP contribution in [0, 0.1) is 0 Å². The van der Waals surface area contributed by atoms with E-state index in [2.05, 4.69) is 0 Å². The molecule has 2 aliphatic rings. The number of alkyl halides is 2. The normalized spacial score (nSPS) is 24.7. The summed E-state index contributed by atoms with van der Waals surface area (Å²) in [5, 5.41) is 9.85. The number of likely N-dealkylation sites (tertiary alicyclic amines) is 2. The lowest BCUT2D eigenvalue weighted by Crippen LogP contribution is -2.62. The fourth-order valence-corrected chi connectivity index (χ4v) is 3.53. The van der Waals surface area contributed by atoms with Gasteiger partial charge in [0.05, 0.1) is 19.6 Å². The number of hydrogen-bond acceptors (Lipinski definition) is 3. The molecule has 1 aromatic carbocycles. The molecule has 0 bridgehead atoms. The van der Waals surface area contributed by atoms with Gasteiger partial charge in [-0.25, -0.2) is 8.78 Å². The highest BCUT2D eigenvalue weighted by atomic mass is 35.5. The lowest BCUT2D eigenvalue weighted by atomic mass is 10.0. The van der Waals surface area contributed by atoms with E-state index in [1.54, 1.807) is 28.0 Å². The van der Waals surface area contributed by atoms with Gasteiger partial charge in [0.25, 0.3) is 5.92 Å². The Morgan fingerprint density at radius 2 is 2.13 bits per heavy atom. The van der Waals surface area contributed by atoms with Crippen LogP contribution < -0.4 is 0 Å². The molecule has 0 radical (unpaired) electrons. The molecule has 7 heteroatoms. The number of halogens is 3. The summed E-state index contributed by atoms with van der Waals surface area (Å²) >= 11 is 5.90. The van der Waals surface area contributed by atoms with Gasteiger partial charge in [0.2, 0.25) is 5.91 Å². The van der Waals surface area contributed by atoms with Crippen molar-refractivity contribution in [2.24, 2.45) is 0 Å². The summed E-state index contributed by atoms with van der Waals surface area (Å²) in [4.78, 5) is 15.5. The summed E-state index contributed by atoms with van der Waals surface area (Å²) in [6.07, 6.45) is -0.0523. The number of carbonyl (C=O) groups is 1. The maximum Gasteiger partial charge on any atom is 0.262 e. The van der Waals surface area contributed by atoms with E-state index in [-0.39, 0.29) is 37.9 Å². The summed E-state index contributed by atoms with van der Waals surface area (Å²) < 4.78 is 27.0. The van der Waals surface area contributed by atoms with Crippen LogP contribution in [0.3, 0.4) is 0 Å². The number of aliphatic hydroxyl groups excluding tert-OH is 1. The van der Waals surface area contributed by atoms with E-state index in [1.807, 2.05) is 6.07 Å². The highest BCUT2D eigenvalue weighted by Gasteiger charge is 2.49. The molecule has 1 atom stereocenters. The Bertz CT molecular complexity index is 593. The van der Waals surface area contributed by atoms with E-state index in [1.165, 1.54) is 0 Å². The smallest absolute Gasteiger partial charge is 0.262 e. The van der Waals surface area contributed by atoms with Gasteiger partial charge in [0.15, 0.2) is 0 Å². The molecule has 2 heterocycles. The van der Waals surface area contributed by atoms with Crippen molar-refractivity contribution < 1.29 is 18.7 Å². The number of aliphatic hydroxyl groups is 1. The van der Waals surface area contributed by atoms with Crippen molar-refractivity contribution in [3.63, 3.8) is 0 Å². The minimum Gasteiger partial charge on any atom is -0.395 e. The average molecular weight is 345 g/mol. The molecule has 0 aromatic heterocycles. The third kappa shape index (κ3) is 3.65. The van der Waals surface area contributed by atoms with E-state index in [0.29, 0.717) is 18.1 Å². The lowest BCUT2D eigenvalue weighted by Gasteiger charge is -2.45. The van der Waals surface area contributed by atoms with E-state index < -0.39 is 12.0 Å². The number of carbonyl (C=O) groups excluding carboxylic acids is 1. The van der Waals surface area contributed by atoms with Crippen LogP contribution in [-0.2, 0) is 11.2 Å². The molecule has 3 rings (SSSR count). The molecule has 0 aliphatic carbocycles. The zero-order valence-electron chi connectivity index (χ0n) is 12.6. The highest BCUT2D eigenvalue weighted by molar-refractivity contribution is 6.30. The first-order valence-electron chi connectivity index (χ1n) is 7.64. The zero-order chi connectivity index (χ0) is 16.6. The molecule has 1 amide bonds. The molecule has 2 fully saturated rings. The second kappa shape index (κ2) is 6.34. The van der Waals surface area contributed by atoms with Crippen molar-refractivity contribution in [1.29, 1.82) is 0 Å². The topological polar surface area (TPSA) is 43.8 Å². The van der Waals surface area contributed by atoms with Gasteiger partial charge >= 0.3 is 0 Å². The molecule has 2 aliphatic heterocycles. The molecule has 23 heavy (non-hydrogen) atoms. The molecule has 0 saturated carbocycles. The Morgan fingerprint density at radius 1 is 1.39 bits per heavy atom. The summed E-state index contributed by atoms with van der Waals surface area (Å²) in [6.45, 7) is 0.264. The Labute approximate surface area is 138 Å². The molecule has 1 aromatic rings. The van der Waals surface area contributed by atoms with Crippen molar-refractivity contribution in [2.45, 2.75) is 30.8 Å². The van der Waals surface area contributed by atoms with Crippen molar-refractivity contribution in [2.75, 3.05) is 26.2 Å². The van der Waals surface area contributed by atoms with Gasteiger partial charge in [-0.05, 0) is 17.7 Å². The van der Waals surface area contributed by atoms with Crippen LogP contribution >= 0.6 is 11.6 Å². The van der Waals surface area contributed by atoms with E-state index >= 15 is 0 Å². The summed E-state index contributed by atoms with van der Waals surface area (Å²) in [7, 11) is 0. The summed E-state index contributed by atoms with van der Waals surface area (Å²) in [5.74, 6) is -2.78. The highest BCUT2D eigenvalue weighted by Crippen LogP contribution is 2.35. The molecular weight excluding hydrogens is 326 g/mol. The SMILES string of the molecule is O=C(Cc1cccc(Cl)c1)N1CC(N2CC(F)(F)C[C@H]2CO)C1. The molecule has 126 valence electrons. The van der Waals surface area contributed by atoms with Gasteiger partial charge in [-0.2, -0.15) is 0 Å². The van der Waals surface area contributed by atoms with Gasteiger partial charge < -0.3 is 10.0 Å². The Hall–Kier alpha value is -1.24. The quantitative estimate of drug-likeness (QED) is 0.905. The van der Waals surface area contributed by atoms with Crippen LogP contribution in [0.5, 0.6) is 0 Å². The van der Waals surface area contributed by atoms with Gasteiger partial charge in [0, 0.05) is 36.6 Å². The zero-order valence-corrected chi connectivity index (χ0v) is 13.3. The average Bonchev–Trinajstić information content (AvgIpc) is 2.72. The number of amides is 1. The standard InChI is InChI=1S/C16H19ClF2N2O2/c17-12-3-1-2-11(4-12)5-15(23)20-7-14(8-20)21-10-16(18,19)6-13(21)9-22/h1-4,13-14,22H,5-10H2/t13-/m0/s1. The Morgan fingerprint density at radius 3 is 2.78 bits per heavy atom. The van der Waals surface area contributed by atoms with E-state index in [9.17, 15) is 18.7 Å². The molecule has 0 unspecified atom stereocenters. The monoisotopic (exact) mass is 344 g/mol. The second-order valence-electron chi connectivity index (χ2n) is 6.33. The van der Waals surface area contributed by atoms with E-state index in [0.717, 1.165) is 5.56 Å². The maximum atomic E-state index is 13.5. The number of benzene rings is 1. The third-order valence-electron chi connectivity index (χ3n) is 4.56. The minimum absolute atomic E-state index is 0.0324. The minimum atomic E-state index is -2.75. The first-order chi connectivity index (χ1) is 10.9. The lowest BCUT2D eigenvalue weighted by molar-refractivity contribution is -0.138. The third-order valence-corrected chi connectivity index (χ3v) is 4.79. The van der Waals surface area contributed by atoms with Gasteiger partial charge in [-0.15, -0.1) is 0 Å². The van der Waals surface area contributed by atoms with Crippen molar-refractivity contribution in [3.05, 3.63) is 34.9 Å². The van der Waals surface area contributed by atoms with Gasteiger partial charge in [0.1, 0.15) is 0 Å². The fraction of sp³-hybridized carbons (Fsp3) is 0.562. The van der Waals surface area contributed by atoms with Gasteiger partial charge in [-0.1, -0.05) is 23.7 Å². The fourth-order valence-electron chi connectivity index (χ4n) is 3.32. The van der Waals surface area contributed by atoms with Crippen LogP contribution in [0.15, 0.2) is 24.3 Å². The maximum absolute atomic E-state index is 13.5. The van der Waals surface area contributed by atoms with Crippen molar-refractivity contribution in [3.8, 4) is 0 Å². The summed E-state index contributed by atoms with van der Waals surface area (Å²) in [6, 6.07) is 6.52. The molecular formula is C16H19ClF2N2O2. The second-order valence-corrected chi connectivity index (χ2v) is 6.76. The number of hydrogen-bond donors (Lipinski definition) is 1. The van der Waals surface area contributed by atoms with Crippen LogP contribution in [0.1, 0.15) is 12.0 Å². The van der Waals surface area contributed by atoms with Crippen molar-refractivity contribution >= 4 is 17.5 Å². The first kappa shape index (κ1) is 16.6. The van der Waals surface area contributed by atoms with Gasteiger partial charge in [-0.3, -0.25) is 9.69 Å². The van der Waals surface area contributed by atoms with E-state index in [4.69, 9.17) is 11.6 Å². The molecule has 4 nitrogen and oxygen atoms in total. The van der Waals surface area contributed by atoms with Crippen LogP contribution in [0.4, 0.5) is 8.78 Å². The number of rotatable bonds is 4. The number of nitrogens with zero attached hydrogens (tertiary/aromatic N) is 2. The van der Waals surface area contributed by atoms with Crippen LogP contribution in [0.25, 0.3) is 0 Å². The van der Waals surface area contributed by atoms with Crippen LogP contribution in [-0.4, -0.2) is 65.1 Å². The molecule has 1 N–H and O–H groups in total.